The van der Waals surface area contributed by atoms with E-state index < -0.39 is 10.0 Å². The molecule has 0 saturated heterocycles. The largest absolute Gasteiger partial charge is 0.392 e. The lowest BCUT2D eigenvalue weighted by Gasteiger charge is -2.14. The zero-order valence-corrected chi connectivity index (χ0v) is 13.7. The molecule has 0 bridgehead atoms. The van der Waals surface area contributed by atoms with E-state index >= 15 is 0 Å². The van der Waals surface area contributed by atoms with Gasteiger partial charge < -0.3 is 5.11 Å². The van der Waals surface area contributed by atoms with Gasteiger partial charge >= 0.3 is 0 Å². The third kappa shape index (κ3) is 4.38. The summed E-state index contributed by atoms with van der Waals surface area (Å²) in [6.07, 6.45) is 0.664. The number of sulfonamides is 1. The summed E-state index contributed by atoms with van der Waals surface area (Å²) in [7, 11) is -3.56. The standard InChI is InChI=1S/C15H19NO3S2/c1-11(8-14-7-6-12(2)20-14)16-21(18,19)15-5-3-4-13(9-15)10-17/h3-7,9,11,16-17H,8,10H2,1-2H3. The normalized spacial score (nSPS) is 13.3. The van der Waals surface area contributed by atoms with E-state index in [4.69, 9.17) is 5.11 Å². The third-order valence-electron chi connectivity index (χ3n) is 3.05. The Balaban J connectivity index is 2.09. The Kier molecular flexibility index (Phi) is 5.16. The van der Waals surface area contributed by atoms with E-state index in [2.05, 4.69) is 4.72 Å². The molecule has 1 heterocycles. The summed E-state index contributed by atoms with van der Waals surface area (Å²) in [5.74, 6) is 0. The smallest absolute Gasteiger partial charge is 0.240 e. The first-order chi connectivity index (χ1) is 9.90. The number of hydrogen-bond donors (Lipinski definition) is 2. The Hall–Kier alpha value is -1.21. The van der Waals surface area contributed by atoms with Crippen LogP contribution in [0.25, 0.3) is 0 Å². The van der Waals surface area contributed by atoms with Gasteiger partial charge in [0, 0.05) is 15.8 Å². The molecule has 0 radical (unpaired) electrons. The molecule has 0 aliphatic carbocycles. The molecule has 0 spiro atoms. The fourth-order valence-corrected chi connectivity index (χ4v) is 4.41. The van der Waals surface area contributed by atoms with Gasteiger partial charge in [0.25, 0.3) is 0 Å². The number of rotatable bonds is 6. The molecule has 0 amide bonds. The van der Waals surface area contributed by atoms with E-state index in [1.807, 2.05) is 26.0 Å². The monoisotopic (exact) mass is 325 g/mol. The van der Waals surface area contributed by atoms with Crippen LogP contribution >= 0.6 is 11.3 Å². The van der Waals surface area contributed by atoms with E-state index in [1.165, 1.54) is 17.0 Å². The van der Waals surface area contributed by atoms with E-state index in [0.29, 0.717) is 12.0 Å². The Morgan fingerprint density at radius 1 is 1.29 bits per heavy atom. The van der Waals surface area contributed by atoms with Crippen molar-refractivity contribution >= 4 is 21.4 Å². The quantitative estimate of drug-likeness (QED) is 0.857. The Morgan fingerprint density at radius 3 is 2.67 bits per heavy atom. The zero-order chi connectivity index (χ0) is 15.5. The predicted molar refractivity (Wildman–Crippen MR) is 84.9 cm³/mol. The van der Waals surface area contributed by atoms with E-state index in [-0.39, 0.29) is 17.5 Å². The van der Waals surface area contributed by atoms with Crippen LogP contribution in [-0.4, -0.2) is 19.6 Å². The molecule has 1 unspecified atom stereocenters. The maximum absolute atomic E-state index is 12.3. The van der Waals surface area contributed by atoms with Crippen LogP contribution in [-0.2, 0) is 23.1 Å². The molecule has 2 N–H and O–H groups in total. The highest BCUT2D eigenvalue weighted by molar-refractivity contribution is 7.89. The molecule has 1 aromatic carbocycles. The summed E-state index contributed by atoms with van der Waals surface area (Å²) < 4.78 is 27.3. The van der Waals surface area contributed by atoms with Crippen LogP contribution < -0.4 is 4.72 Å². The van der Waals surface area contributed by atoms with Crippen molar-refractivity contribution in [3.63, 3.8) is 0 Å². The van der Waals surface area contributed by atoms with Gasteiger partial charge in [-0.2, -0.15) is 0 Å². The van der Waals surface area contributed by atoms with Crippen LogP contribution in [0, 0.1) is 6.92 Å². The van der Waals surface area contributed by atoms with Crippen LogP contribution in [0.3, 0.4) is 0 Å². The number of thiophene rings is 1. The van der Waals surface area contributed by atoms with Crippen molar-refractivity contribution in [1.82, 2.24) is 4.72 Å². The number of hydrogen-bond acceptors (Lipinski definition) is 4. The molecule has 1 aromatic heterocycles. The average Bonchev–Trinajstić information content (AvgIpc) is 2.83. The van der Waals surface area contributed by atoms with Gasteiger partial charge in [0.2, 0.25) is 10.0 Å². The second-order valence-electron chi connectivity index (χ2n) is 5.04. The highest BCUT2D eigenvalue weighted by Crippen LogP contribution is 2.18. The first kappa shape index (κ1) is 16.2. The lowest BCUT2D eigenvalue weighted by atomic mass is 10.2. The maximum Gasteiger partial charge on any atom is 0.240 e. The lowest BCUT2D eigenvalue weighted by molar-refractivity contribution is 0.281. The van der Waals surface area contributed by atoms with Gasteiger partial charge in [-0.25, -0.2) is 13.1 Å². The molecular formula is C15H19NO3S2. The van der Waals surface area contributed by atoms with Crippen molar-refractivity contribution in [1.29, 1.82) is 0 Å². The summed E-state index contributed by atoms with van der Waals surface area (Å²) in [5, 5.41) is 9.09. The number of aryl methyl sites for hydroxylation is 1. The van der Waals surface area contributed by atoms with Crippen molar-refractivity contribution in [2.45, 2.75) is 37.8 Å². The van der Waals surface area contributed by atoms with E-state index in [1.54, 1.807) is 23.5 Å². The summed E-state index contributed by atoms with van der Waals surface area (Å²) >= 11 is 1.68. The Labute approximate surface area is 129 Å². The summed E-state index contributed by atoms with van der Waals surface area (Å²) in [6, 6.07) is 10.2. The summed E-state index contributed by atoms with van der Waals surface area (Å²) in [6.45, 7) is 3.71. The van der Waals surface area contributed by atoms with Crippen molar-refractivity contribution in [3.8, 4) is 0 Å². The molecule has 21 heavy (non-hydrogen) atoms. The van der Waals surface area contributed by atoms with Crippen molar-refractivity contribution in [3.05, 3.63) is 51.7 Å². The van der Waals surface area contributed by atoms with Gasteiger partial charge in [-0.05, 0) is 50.1 Å². The van der Waals surface area contributed by atoms with Gasteiger partial charge in [-0.3, -0.25) is 0 Å². The molecular weight excluding hydrogens is 306 g/mol. The van der Waals surface area contributed by atoms with Crippen molar-refractivity contribution in [2.24, 2.45) is 0 Å². The van der Waals surface area contributed by atoms with Crippen LogP contribution in [0.15, 0.2) is 41.3 Å². The minimum absolute atomic E-state index is 0.173. The van der Waals surface area contributed by atoms with Crippen LogP contribution in [0.5, 0.6) is 0 Å². The molecule has 2 rings (SSSR count). The fourth-order valence-electron chi connectivity index (χ4n) is 2.08. The molecule has 0 saturated carbocycles. The van der Waals surface area contributed by atoms with Crippen LogP contribution in [0.2, 0.25) is 0 Å². The van der Waals surface area contributed by atoms with Gasteiger partial charge in [-0.1, -0.05) is 12.1 Å². The van der Waals surface area contributed by atoms with Gasteiger partial charge in [0.15, 0.2) is 0 Å². The Bertz CT molecular complexity index is 707. The minimum atomic E-state index is -3.56. The highest BCUT2D eigenvalue weighted by Gasteiger charge is 2.18. The molecule has 0 fully saturated rings. The molecule has 6 heteroatoms. The van der Waals surface area contributed by atoms with Crippen molar-refractivity contribution < 1.29 is 13.5 Å². The van der Waals surface area contributed by atoms with Gasteiger partial charge in [-0.15, -0.1) is 11.3 Å². The molecule has 0 aliphatic rings. The lowest BCUT2D eigenvalue weighted by Crippen LogP contribution is -2.33. The zero-order valence-electron chi connectivity index (χ0n) is 12.0. The predicted octanol–water partition coefficient (Wildman–Crippen LogP) is 2.46. The maximum atomic E-state index is 12.3. The number of aliphatic hydroxyl groups excluding tert-OH is 1. The molecule has 114 valence electrons. The molecule has 0 aliphatic heterocycles. The van der Waals surface area contributed by atoms with Gasteiger partial charge in [0.05, 0.1) is 11.5 Å². The second kappa shape index (κ2) is 6.70. The SMILES string of the molecule is Cc1ccc(CC(C)NS(=O)(=O)c2cccc(CO)c2)s1. The van der Waals surface area contributed by atoms with Crippen molar-refractivity contribution in [2.75, 3.05) is 0 Å². The van der Waals surface area contributed by atoms with Crippen LogP contribution in [0.1, 0.15) is 22.2 Å². The first-order valence-corrected chi connectivity index (χ1v) is 8.98. The fraction of sp³-hybridized carbons (Fsp3) is 0.333. The summed E-state index contributed by atoms with van der Waals surface area (Å²) in [5.41, 5.74) is 0.583. The molecule has 2 aromatic rings. The topological polar surface area (TPSA) is 66.4 Å². The van der Waals surface area contributed by atoms with E-state index in [9.17, 15) is 8.42 Å². The first-order valence-electron chi connectivity index (χ1n) is 6.68. The third-order valence-corrected chi connectivity index (χ3v) is 5.66. The van der Waals surface area contributed by atoms with Gasteiger partial charge in [0.1, 0.15) is 0 Å². The molecule has 1 atom stereocenters. The number of aliphatic hydroxyl groups is 1. The molecule has 4 nitrogen and oxygen atoms in total. The summed E-state index contributed by atoms with van der Waals surface area (Å²) in [4.78, 5) is 2.56. The number of benzene rings is 1. The minimum Gasteiger partial charge on any atom is -0.392 e. The Morgan fingerprint density at radius 2 is 2.05 bits per heavy atom. The second-order valence-corrected chi connectivity index (χ2v) is 8.13. The highest BCUT2D eigenvalue weighted by atomic mass is 32.2. The average molecular weight is 325 g/mol. The van der Waals surface area contributed by atoms with E-state index in [0.717, 1.165) is 4.88 Å². The number of nitrogens with one attached hydrogen (secondary N) is 1. The van der Waals surface area contributed by atoms with Crippen LogP contribution in [0.4, 0.5) is 0 Å².